The quantitative estimate of drug-likeness (QED) is 0.188. The van der Waals surface area contributed by atoms with E-state index < -0.39 is 114 Å². The fourth-order valence-electron chi connectivity index (χ4n) is 6.16. The summed E-state index contributed by atoms with van der Waals surface area (Å²) < 4.78 is 166. The first-order chi connectivity index (χ1) is 25.1. The van der Waals surface area contributed by atoms with Crippen LogP contribution in [-0.2, 0) is 24.7 Å². The van der Waals surface area contributed by atoms with Crippen LogP contribution >= 0.6 is 0 Å². The molecule has 266 valence electrons. The maximum atomic E-state index is 13.9. The van der Waals surface area contributed by atoms with Crippen molar-refractivity contribution in [3.8, 4) is 36.4 Å². The van der Waals surface area contributed by atoms with Gasteiger partial charge in [0.25, 0.3) is 0 Å². The number of allylic oxidation sites excluding steroid dienone is 8. The van der Waals surface area contributed by atoms with Crippen molar-refractivity contribution in [3.63, 3.8) is 0 Å². The van der Waals surface area contributed by atoms with Crippen molar-refractivity contribution in [2.24, 2.45) is 0 Å². The third kappa shape index (κ3) is 6.06. The molecule has 0 radical (unpaired) electrons. The minimum Gasteiger partial charge on any atom is -0.192 e. The summed E-state index contributed by atoms with van der Waals surface area (Å²) in [6.07, 6.45) is -22.4. The molecule has 0 bridgehead atoms. The number of alkyl halides is 12. The number of nitriles is 6. The highest BCUT2D eigenvalue weighted by Gasteiger charge is 2.47. The first-order valence-electron chi connectivity index (χ1n) is 14.2. The van der Waals surface area contributed by atoms with Crippen LogP contribution in [0.3, 0.4) is 0 Å². The minimum absolute atomic E-state index is 0.0351. The standard InChI is InChI=1S/C36H8F12N6/c37-33(38,39)25-5-19-21(7-27(25)35(43,44)45)31(17(9-49)10-50)29(23(19)13-53)15-1-2-16(4-3-15)30-24(14-54)20-6-26(34(40,41)42)28(36(46,47)48)8-22(20)32(30)18(11-51)12-52/h1-8H. The van der Waals surface area contributed by atoms with Gasteiger partial charge in [0.05, 0.1) is 33.4 Å². The molecule has 3 aromatic carbocycles. The van der Waals surface area contributed by atoms with Crippen LogP contribution in [0.15, 0.2) is 59.7 Å². The predicted molar refractivity (Wildman–Crippen MR) is 160 cm³/mol. The summed E-state index contributed by atoms with van der Waals surface area (Å²) >= 11 is 0. The molecule has 0 saturated heterocycles. The molecule has 3 aromatic rings. The fourth-order valence-corrected chi connectivity index (χ4v) is 6.16. The second-order valence-corrected chi connectivity index (χ2v) is 11.1. The van der Waals surface area contributed by atoms with Crippen molar-refractivity contribution in [1.29, 1.82) is 31.6 Å². The van der Waals surface area contributed by atoms with E-state index >= 15 is 0 Å². The van der Waals surface area contributed by atoms with Crippen LogP contribution in [0.25, 0.3) is 33.4 Å². The number of halogens is 12. The second kappa shape index (κ2) is 12.7. The van der Waals surface area contributed by atoms with Crippen LogP contribution in [-0.4, -0.2) is 0 Å². The molecule has 54 heavy (non-hydrogen) atoms. The van der Waals surface area contributed by atoms with Crippen LogP contribution in [0.1, 0.15) is 55.6 Å². The Hall–Kier alpha value is -7.28. The van der Waals surface area contributed by atoms with Crippen molar-refractivity contribution in [2.45, 2.75) is 24.7 Å². The van der Waals surface area contributed by atoms with E-state index in [9.17, 15) is 84.3 Å². The number of fused-ring (bicyclic) bond motifs is 2. The van der Waals surface area contributed by atoms with Gasteiger partial charge in [-0.25, -0.2) is 0 Å². The Labute approximate surface area is 294 Å². The van der Waals surface area contributed by atoms with E-state index in [2.05, 4.69) is 0 Å². The van der Waals surface area contributed by atoms with Crippen LogP contribution in [0, 0.1) is 68.0 Å². The zero-order chi connectivity index (χ0) is 40.3. The lowest BCUT2D eigenvalue weighted by molar-refractivity contribution is -0.162. The molecule has 0 aromatic heterocycles. The second-order valence-electron chi connectivity index (χ2n) is 11.1. The zero-order valence-corrected chi connectivity index (χ0v) is 25.8. The number of hydrogen-bond acceptors (Lipinski definition) is 6. The van der Waals surface area contributed by atoms with Gasteiger partial charge in [0.15, 0.2) is 0 Å². The van der Waals surface area contributed by atoms with Gasteiger partial charge < -0.3 is 0 Å². The van der Waals surface area contributed by atoms with E-state index in [-0.39, 0.29) is 35.4 Å². The molecular formula is C36H8F12N6. The molecule has 0 unspecified atom stereocenters. The average molecular weight is 752 g/mol. The molecule has 6 nitrogen and oxygen atoms in total. The lowest BCUT2D eigenvalue weighted by Crippen LogP contribution is -2.17. The van der Waals surface area contributed by atoms with Crippen LogP contribution in [0.4, 0.5) is 52.7 Å². The number of nitrogens with zero attached hydrogens (tertiary/aromatic N) is 6. The maximum absolute atomic E-state index is 13.9. The Balaban J connectivity index is 1.82. The molecular weight excluding hydrogens is 744 g/mol. The number of rotatable bonds is 2. The average Bonchev–Trinajstić information content (AvgIpc) is 3.59. The topological polar surface area (TPSA) is 143 Å². The molecule has 0 aliphatic heterocycles. The lowest BCUT2D eigenvalue weighted by atomic mass is 9.88. The van der Waals surface area contributed by atoms with E-state index in [4.69, 9.17) is 0 Å². The third-order valence-corrected chi connectivity index (χ3v) is 8.25. The maximum Gasteiger partial charge on any atom is 0.417 e. The highest BCUT2D eigenvalue weighted by Crippen LogP contribution is 2.54. The molecule has 0 heterocycles. The largest absolute Gasteiger partial charge is 0.417 e. The molecule has 0 spiro atoms. The summed E-state index contributed by atoms with van der Waals surface area (Å²) in [6.45, 7) is 0. The molecule has 0 N–H and O–H groups in total. The van der Waals surface area contributed by atoms with Gasteiger partial charge in [-0.15, -0.1) is 0 Å². The van der Waals surface area contributed by atoms with Crippen molar-refractivity contribution < 1.29 is 52.7 Å². The Morgan fingerprint density at radius 3 is 0.833 bits per heavy atom. The van der Waals surface area contributed by atoms with Gasteiger partial charge in [0.1, 0.15) is 47.6 Å². The van der Waals surface area contributed by atoms with Gasteiger partial charge in [0.2, 0.25) is 0 Å². The molecule has 0 fully saturated rings. The van der Waals surface area contributed by atoms with Crippen molar-refractivity contribution in [3.05, 3.63) is 115 Å². The van der Waals surface area contributed by atoms with Crippen molar-refractivity contribution >= 4 is 33.4 Å². The molecule has 0 amide bonds. The van der Waals surface area contributed by atoms with Gasteiger partial charge >= 0.3 is 24.7 Å². The van der Waals surface area contributed by atoms with Crippen LogP contribution in [0.5, 0.6) is 0 Å². The monoisotopic (exact) mass is 752 g/mol. The van der Waals surface area contributed by atoms with E-state index in [0.717, 1.165) is 24.3 Å². The van der Waals surface area contributed by atoms with Gasteiger partial charge in [-0.1, -0.05) is 24.3 Å². The summed E-state index contributed by atoms with van der Waals surface area (Å²) in [7, 11) is 0. The Morgan fingerprint density at radius 1 is 0.389 bits per heavy atom. The van der Waals surface area contributed by atoms with Gasteiger partial charge in [-0.05, 0) is 46.5 Å². The van der Waals surface area contributed by atoms with Gasteiger partial charge in [-0.3, -0.25) is 0 Å². The fraction of sp³-hybridized carbons (Fsp3) is 0.111. The third-order valence-electron chi connectivity index (χ3n) is 8.25. The highest BCUT2D eigenvalue weighted by molar-refractivity contribution is 6.27. The first-order valence-corrected chi connectivity index (χ1v) is 14.2. The molecule has 0 atom stereocenters. The molecule has 5 rings (SSSR count). The summed E-state index contributed by atoms with van der Waals surface area (Å²) in [5, 5.41) is 58.8. The summed E-state index contributed by atoms with van der Waals surface area (Å²) in [4.78, 5) is 0. The smallest absolute Gasteiger partial charge is 0.192 e. The van der Waals surface area contributed by atoms with Crippen molar-refractivity contribution in [2.75, 3.05) is 0 Å². The van der Waals surface area contributed by atoms with Crippen LogP contribution in [0.2, 0.25) is 0 Å². The van der Waals surface area contributed by atoms with Gasteiger partial charge in [-0.2, -0.15) is 84.3 Å². The zero-order valence-electron chi connectivity index (χ0n) is 25.8. The summed E-state index contributed by atoms with van der Waals surface area (Å²) in [5.74, 6) is 0. The molecule has 18 heteroatoms. The van der Waals surface area contributed by atoms with E-state index in [1.807, 2.05) is 0 Å². The Bertz CT molecular complexity index is 2370. The van der Waals surface area contributed by atoms with Crippen molar-refractivity contribution in [1.82, 2.24) is 0 Å². The molecule has 2 aliphatic rings. The first kappa shape index (κ1) is 38.0. The molecule has 2 aliphatic carbocycles. The van der Waals surface area contributed by atoms with E-state index in [1.165, 1.54) is 24.3 Å². The van der Waals surface area contributed by atoms with Gasteiger partial charge in [0, 0.05) is 33.4 Å². The summed E-state index contributed by atoms with van der Waals surface area (Å²) in [6, 6.07) is 13.0. The lowest BCUT2D eigenvalue weighted by Gasteiger charge is -2.18. The Morgan fingerprint density at radius 2 is 0.630 bits per heavy atom. The SMILES string of the molecule is N#CC(C#N)=C1C(c2ccc(C3=C(C#N)c4cc(C(F)(F)F)c(C(F)(F)F)cc4C3=C(C#N)C#N)cc2)=C(C#N)c2cc(C(F)(F)F)c(C(F)(F)F)cc21. The van der Waals surface area contributed by atoms with Crippen LogP contribution < -0.4 is 0 Å². The number of hydrogen-bond donors (Lipinski definition) is 0. The Kier molecular flexibility index (Phi) is 8.96. The number of benzene rings is 3. The summed E-state index contributed by atoms with van der Waals surface area (Å²) in [5.41, 5.74) is -17.8. The van der Waals surface area contributed by atoms with E-state index in [1.54, 1.807) is 12.1 Å². The van der Waals surface area contributed by atoms with E-state index in [0.29, 0.717) is 0 Å². The molecule has 0 saturated carbocycles. The predicted octanol–water partition coefficient (Wildman–Crippen LogP) is 10.3. The minimum atomic E-state index is -5.61. The normalized spacial score (nSPS) is 14.0. The highest BCUT2D eigenvalue weighted by atomic mass is 19.4.